The van der Waals surface area contributed by atoms with Crippen LogP contribution in [0.25, 0.3) is 6.08 Å². The van der Waals surface area contributed by atoms with Crippen molar-refractivity contribution in [3.63, 3.8) is 0 Å². The molecule has 0 radical (unpaired) electrons. The molecule has 2 aromatic rings. The Kier molecular flexibility index (Phi) is 7.65. The van der Waals surface area contributed by atoms with Crippen LogP contribution in [0.1, 0.15) is 12.5 Å². The quantitative estimate of drug-likeness (QED) is 0.504. The van der Waals surface area contributed by atoms with Gasteiger partial charge in [-0.15, -0.1) is 0 Å². The average Bonchev–Trinajstić information content (AvgIpc) is 2.66. The number of carbonyl (C=O) groups excluding carboxylic acids is 2. The molecule has 2 rings (SSSR count). The molecule has 0 aliphatic heterocycles. The van der Waals surface area contributed by atoms with Crippen molar-refractivity contribution in [3.05, 3.63) is 65.7 Å². The summed E-state index contributed by atoms with van der Waals surface area (Å²) in [6, 6.07) is 10.2. The van der Waals surface area contributed by atoms with E-state index in [1.54, 1.807) is 55.7 Å². The molecule has 0 saturated carbocycles. The van der Waals surface area contributed by atoms with Gasteiger partial charge in [0, 0.05) is 18.7 Å². The predicted octanol–water partition coefficient (Wildman–Crippen LogP) is 4.52. The lowest BCUT2D eigenvalue weighted by Gasteiger charge is -2.10. The number of benzene rings is 2. The topological polar surface area (TPSA) is 76.7 Å². The molecule has 0 aliphatic rings. The molecule has 0 heterocycles. The number of anilines is 2. The van der Waals surface area contributed by atoms with E-state index in [2.05, 4.69) is 17.2 Å². The fraction of sp³-hybridized carbons (Fsp3) is 0.143. The highest BCUT2D eigenvalue weighted by atomic mass is 35.5. The highest BCUT2D eigenvalue weighted by Gasteiger charge is 2.07. The van der Waals surface area contributed by atoms with E-state index in [4.69, 9.17) is 21.1 Å². The van der Waals surface area contributed by atoms with Crippen LogP contribution in [0.5, 0.6) is 11.5 Å². The zero-order valence-electron chi connectivity index (χ0n) is 15.6. The zero-order valence-corrected chi connectivity index (χ0v) is 16.4. The van der Waals surface area contributed by atoms with E-state index < -0.39 is 0 Å². The second-order valence-electron chi connectivity index (χ2n) is 5.71. The lowest BCUT2D eigenvalue weighted by molar-refractivity contribution is -0.114. The second-order valence-corrected chi connectivity index (χ2v) is 6.12. The zero-order chi connectivity index (χ0) is 20.5. The number of carbonyl (C=O) groups is 2. The molecule has 0 aliphatic carbocycles. The van der Waals surface area contributed by atoms with Crippen molar-refractivity contribution in [2.24, 2.45) is 0 Å². The molecule has 0 aromatic heterocycles. The summed E-state index contributed by atoms with van der Waals surface area (Å²) in [4.78, 5) is 23.2. The maximum atomic E-state index is 12.2. The van der Waals surface area contributed by atoms with Crippen molar-refractivity contribution in [2.75, 3.05) is 24.4 Å². The van der Waals surface area contributed by atoms with Gasteiger partial charge in [-0.25, -0.2) is 0 Å². The monoisotopic (exact) mass is 400 g/mol. The lowest BCUT2D eigenvalue weighted by atomic mass is 10.2. The Hall–Kier alpha value is -3.25. The van der Waals surface area contributed by atoms with E-state index in [9.17, 15) is 9.59 Å². The van der Waals surface area contributed by atoms with E-state index in [1.165, 1.54) is 13.0 Å². The summed E-state index contributed by atoms with van der Waals surface area (Å²) in [6.45, 7) is 5.38. The lowest BCUT2D eigenvalue weighted by Crippen LogP contribution is -2.09. The Labute approximate surface area is 168 Å². The summed E-state index contributed by atoms with van der Waals surface area (Å²) in [5.41, 5.74) is 1.76. The molecule has 2 amide bonds. The van der Waals surface area contributed by atoms with Crippen molar-refractivity contribution < 1.29 is 19.1 Å². The van der Waals surface area contributed by atoms with Crippen molar-refractivity contribution in [2.45, 2.75) is 6.92 Å². The molecule has 0 unspecified atom stereocenters. The van der Waals surface area contributed by atoms with Crippen LogP contribution in [0.4, 0.5) is 11.4 Å². The maximum Gasteiger partial charge on any atom is 0.248 e. The number of halogens is 1. The Morgan fingerprint density at radius 2 is 1.93 bits per heavy atom. The minimum atomic E-state index is -0.347. The average molecular weight is 401 g/mol. The summed E-state index contributed by atoms with van der Waals surface area (Å²) >= 11 is 6.15. The molecule has 2 N–H and O–H groups in total. The van der Waals surface area contributed by atoms with Crippen LogP contribution in [-0.2, 0) is 9.59 Å². The molecule has 0 fully saturated rings. The fourth-order valence-corrected chi connectivity index (χ4v) is 2.53. The van der Waals surface area contributed by atoms with Crippen LogP contribution < -0.4 is 20.1 Å². The first kappa shape index (κ1) is 21.1. The smallest absolute Gasteiger partial charge is 0.248 e. The van der Waals surface area contributed by atoms with E-state index in [0.717, 1.165) is 5.56 Å². The van der Waals surface area contributed by atoms with Gasteiger partial charge in [0.15, 0.2) is 11.5 Å². The summed E-state index contributed by atoms with van der Waals surface area (Å²) in [5, 5.41) is 5.63. The van der Waals surface area contributed by atoms with Crippen LogP contribution in [0.2, 0.25) is 5.02 Å². The summed E-state index contributed by atoms with van der Waals surface area (Å²) in [6.07, 6.45) is 4.68. The third-order valence-electron chi connectivity index (χ3n) is 3.52. The maximum absolute atomic E-state index is 12.2. The fourth-order valence-electron chi connectivity index (χ4n) is 2.30. The normalized spacial score (nSPS) is 10.4. The first-order chi connectivity index (χ1) is 13.4. The van der Waals surface area contributed by atoms with Crippen LogP contribution in [-0.4, -0.2) is 25.5 Å². The third kappa shape index (κ3) is 6.17. The first-order valence-electron chi connectivity index (χ1n) is 8.41. The molecule has 28 heavy (non-hydrogen) atoms. The van der Waals surface area contributed by atoms with E-state index in [0.29, 0.717) is 34.5 Å². The first-order valence-corrected chi connectivity index (χ1v) is 8.78. The number of rotatable bonds is 8. The Morgan fingerprint density at radius 1 is 1.14 bits per heavy atom. The van der Waals surface area contributed by atoms with Crippen LogP contribution in [0.3, 0.4) is 0 Å². The highest BCUT2D eigenvalue weighted by Crippen LogP contribution is 2.29. The minimum absolute atomic E-state index is 0.202. The second kappa shape index (κ2) is 10.2. The molecule has 0 bridgehead atoms. The third-order valence-corrected chi connectivity index (χ3v) is 3.83. The van der Waals surface area contributed by atoms with Gasteiger partial charge < -0.3 is 20.1 Å². The van der Waals surface area contributed by atoms with Gasteiger partial charge in [-0.2, -0.15) is 0 Å². The summed E-state index contributed by atoms with van der Waals surface area (Å²) in [5.74, 6) is 0.600. The number of ether oxygens (including phenoxy) is 2. The van der Waals surface area contributed by atoms with Gasteiger partial charge in [0.25, 0.3) is 0 Å². The number of nitrogens with one attached hydrogen (secondary N) is 2. The van der Waals surface area contributed by atoms with E-state index in [1.807, 2.05) is 0 Å². The van der Waals surface area contributed by atoms with Crippen LogP contribution in [0, 0.1) is 0 Å². The molecule has 0 saturated heterocycles. The molecule has 0 spiro atoms. The number of hydrogen-bond donors (Lipinski definition) is 2. The Balaban J connectivity index is 2.05. The van der Waals surface area contributed by atoms with Crippen LogP contribution in [0.15, 0.2) is 55.1 Å². The predicted molar refractivity (Wildman–Crippen MR) is 112 cm³/mol. The largest absolute Gasteiger partial charge is 0.493 e. The Morgan fingerprint density at radius 3 is 2.57 bits per heavy atom. The van der Waals surface area contributed by atoms with E-state index in [-0.39, 0.29) is 11.8 Å². The standard InChI is InChI=1S/C21H21ClN2O4/c1-4-11-28-19-9-5-15(12-20(19)27-3)6-10-21(26)24-18-8-7-16(13-17(18)22)23-14(2)25/h4-10,12-13H,1,11H2,2-3H3,(H,23,25)(H,24,26)/b10-6+. The van der Waals surface area contributed by atoms with Crippen molar-refractivity contribution in [3.8, 4) is 11.5 Å². The molecule has 146 valence electrons. The van der Waals surface area contributed by atoms with Gasteiger partial charge in [-0.05, 0) is 42.0 Å². The van der Waals surface area contributed by atoms with Crippen molar-refractivity contribution in [1.82, 2.24) is 0 Å². The van der Waals surface area contributed by atoms with Gasteiger partial charge in [-0.1, -0.05) is 30.3 Å². The minimum Gasteiger partial charge on any atom is -0.493 e. The van der Waals surface area contributed by atoms with Gasteiger partial charge in [0.2, 0.25) is 11.8 Å². The van der Waals surface area contributed by atoms with Crippen molar-refractivity contribution in [1.29, 1.82) is 0 Å². The molecule has 2 aromatic carbocycles. The molecule has 7 heteroatoms. The number of amides is 2. The molecular formula is C21H21ClN2O4. The highest BCUT2D eigenvalue weighted by molar-refractivity contribution is 6.34. The number of methoxy groups -OCH3 is 1. The molecular weight excluding hydrogens is 380 g/mol. The molecule has 6 nitrogen and oxygen atoms in total. The summed E-state index contributed by atoms with van der Waals surface area (Å²) in [7, 11) is 1.54. The Bertz CT molecular complexity index is 909. The van der Waals surface area contributed by atoms with E-state index >= 15 is 0 Å². The van der Waals surface area contributed by atoms with Crippen LogP contribution >= 0.6 is 11.6 Å². The molecule has 0 atom stereocenters. The summed E-state index contributed by atoms with van der Waals surface area (Å²) < 4.78 is 10.8. The van der Waals surface area contributed by atoms with Gasteiger partial charge in [-0.3, -0.25) is 9.59 Å². The number of hydrogen-bond acceptors (Lipinski definition) is 4. The van der Waals surface area contributed by atoms with Crippen molar-refractivity contribution >= 4 is 40.9 Å². The van der Waals surface area contributed by atoms with Gasteiger partial charge in [0.05, 0.1) is 17.8 Å². The SMILES string of the molecule is C=CCOc1ccc(/C=C/C(=O)Nc2ccc(NC(C)=O)cc2Cl)cc1OC. The van der Waals surface area contributed by atoms with Gasteiger partial charge in [0.1, 0.15) is 6.61 Å². The van der Waals surface area contributed by atoms with Gasteiger partial charge >= 0.3 is 0 Å².